The van der Waals surface area contributed by atoms with Gasteiger partial charge in [0.2, 0.25) is 11.8 Å². The molecule has 5 nitrogen and oxygen atoms in total. The molecule has 2 amide bonds. The molecule has 0 spiro atoms. The lowest BCUT2D eigenvalue weighted by Crippen LogP contribution is -2.51. The summed E-state index contributed by atoms with van der Waals surface area (Å²) >= 11 is 0. The first-order valence-electron chi connectivity index (χ1n) is 8.60. The van der Waals surface area contributed by atoms with E-state index >= 15 is 0 Å². The molecule has 1 aromatic rings. The van der Waals surface area contributed by atoms with Gasteiger partial charge in [-0.05, 0) is 37.1 Å². The summed E-state index contributed by atoms with van der Waals surface area (Å²) in [4.78, 5) is 27.7. The molecule has 2 rings (SSSR count). The van der Waals surface area contributed by atoms with Crippen molar-refractivity contribution in [3.63, 3.8) is 0 Å². The summed E-state index contributed by atoms with van der Waals surface area (Å²) < 4.78 is 13.2. The highest BCUT2D eigenvalue weighted by Gasteiger charge is 2.26. The van der Waals surface area contributed by atoms with E-state index in [1.807, 2.05) is 0 Å². The van der Waals surface area contributed by atoms with Gasteiger partial charge in [0.25, 0.3) is 0 Å². The van der Waals surface area contributed by atoms with Gasteiger partial charge in [-0.3, -0.25) is 9.59 Å². The van der Waals surface area contributed by atoms with Crippen molar-refractivity contribution >= 4 is 24.2 Å². The Bertz CT molecular complexity index is 571. The summed E-state index contributed by atoms with van der Waals surface area (Å²) in [7, 11) is 0. The second-order valence-electron chi connectivity index (χ2n) is 6.21. The van der Waals surface area contributed by atoms with Crippen molar-refractivity contribution in [2.45, 2.75) is 38.6 Å². The van der Waals surface area contributed by atoms with Crippen LogP contribution in [0.1, 0.15) is 37.7 Å². The van der Waals surface area contributed by atoms with Crippen LogP contribution in [0, 0.1) is 5.82 Å². The zero-order valence-electron chi connectivity index (χ0n) is 14.5. The lowest BCUT2D eigenvalue weighted by molar-refractivity contribution is -0.145. The van der Waals surface area contributed by atoms with Gasteiger partial charge < -0.3 is 15.5 Å². The third kappa shape index (κ3) is 7.00. The minimum absolute atomic E-state index is 0. The Balaban J connectivity index is 0.00000312. The molecular formula is C18H27ClFN3O2. The molecule has 0 atom stereocenters. The van der Waals surface area contributed by atoms with Gasteiger partial charge in [-0.1, -0.05) is 25.0 Å². The molecule has 1 aliphatic heterocycles. The summed E-state index contributed by atoms with van der Waals surface area (Å²) in [5.74, 6) is -0.341. The lowest BCUT2D eigenvalue weighted by Gasteiger charge is -2.34. The van der Waals surface area contributed by atoms with Crippen molar-refractivity contribution in [2.24, 2.45) is 5.73 Å². The first-order chi connectivity index (χ1) is 11.6. The molecule has 0 unspecified atom stereocenters. The summed E-state index contributed by atoms with van der Waals surface area (Å²) in [5.41, 5.74) is 6.21. The Morgan fingerprint density at radius 2 is 1.92 bits per heavy atom. The molecule has 0 bridgehead atoms. The van der Waals surface area contributed by atoms with Crippen LogP contribution in [0.25, 0.3) is 0 Å². The Hall–Kier alpha value is -1.66. The molecule has 1 aliphatic rings. The van der Waals surface area contributed by atoms with Crippen LogP contribution in [0.2, 0.25) is 0 Å². The molecule has 0 aromatic heterocycles. The standard InChI is InChI=1S/C18H26FN3O2.ClH/c19-16-7-5-6-15(12-16)13-21-10-11-22(14-18(21)24)17(23)8-3-1-2-4-9-20;/h5-7,12H,1-4,8-11,13-14,20H2;1H. The van der Waals surface area contributed by atoms with Crippen LogP contribution in [0.5, 0.6) is 0 Å². The van der Waals surface area contributed by atoms with Crippen molar-refractivity contribution in [3.05, 3.63) is 35.6 Å². The highest BCUT2D eigenvalue weighted by Crippen LogP contribution is 2.13. The van der Waals surface area contributed by atoms with E-state index in [-0.39, 0.29) is 36.6 Å². The molecule has 1 saturated heterocycles. The maximum absolute atomic E-state index is 13.2. The topological polar surface area (TPSA) is 66.6 Å². The molecule has 1 fully saturated rings. The van der Waals surface area contributed by atoms with Crippen LogP contribution in [0.3, 0.4) is 0 Å². The van der Waals surface area contributed by atoms with Crippen LogP contribution in [0.15, 0.2) is 24.3 Å². The molecule has 25 heavy (non-hydrogen) atoms. The summed E-state index contributed by atoms with van der Waals surface area (Å²) in [5, 5.41) is 0. The van der Waals surface area contributed by atoms with E-state index in [9.17, 15) is 14.0 Å². The zero-order valence-corrected chi connectivity index (χ0v) is 15.3. The van der Waals surface area contributed by atoms with Crippen LogP contribution >= 0.6 is 12.4 Å². The Kier molecular flexibility index (Phi) is 9.45. The minimum Gasteiger partial charge on any atom is -0.335 e. The number of hydrogen-bond acceptors (Lipinski definition) is 3. The van der Waals surface area contributed by atoms with Gasteiger partial charge in [0.15, 0.2) is 0 Å². The van der Waals surface area contributed by atoms with E-state index in [0.717, 1.165) is 31.2 Å². The number of amides is 2. The fourth-order valence-electron chi connectivity index (χ4n) is 2.88. The molecule has 2 N–H and O–H groups in total. The smallest absolute Gasteiger partial charge is 0.242 e. The SMILES string of the molecule is Cl.NCCCCCCC(=O)N1CCN(Cc2cccc(F)c2)C(=O)C1. The second-order valence-corrected chi connectivity index (χ2v) is 6.21. The number of carbonyl (C=O) groups is 2. The number of carbonyl (C=O) groups excluding carboxylic acids is 2. The van der Waals surface area contributed by atoms with Gasteiger partial charge in [-0.25, -0.2) is 4.39 Å². The summed E-state index contributed by atoms with van der Waals surface area (Å²) in [6.45, 7) is 2.24. The number of hydrogen-bond donors (Lipinski definition) is 1. The van der Waals surface area contributed by atoms with Gasteiger partial charge in [-0.2, -0.15) is 0 Å². The van der Waals surface area contributed by atoms with Crippen molar-refractivity contribution < 1.29 is 14.0 Å². The predicted octanol–water partition coefficient (Wildman–Crippen LogP) is 2.33. The van der Waals surface area contributed by atoms with Crippen molar-refractivity contribution in [1.29, 1.82) is 0 Å². The molecule has 1 aromatic carbocycles. The third-order valence-electron chi connectivity index (χ3n) is 4.28. The van der Waals surface area contributed by atoms with Crippen LogP contribution < -0.4 is 5.73 Å². The lowest BCUT2D eigenvalue weighted by atomic mass is 10.1. The number of benzene rings is 1. The maximum atomic E-state index is 13.2. The normalized spacial score (nSPS) is 14.4. The molecule has 1 heterocycles. The summed E-state index contributed by atoms with van der Waals surface area (Å²) in [6.07, 6.45) is 4.37. The third-order valence-corrected chi connectivity index (χ3v) is 4.28. The van der Waals surface area contributed by atoms with Crippen molar-refractivity contribution in [1.82, 2.24) is 9.80 Å². The van der Waals surface area contributed by atoms with E-state index in [1.165, 1.54) is 12.1 Å². The molecular weight excluding hydrogens is 345 g/mol. The number of rotatable bonds is 8. The zero-order chi connectivity index (χ0) is 17.4. The van der Waals surface area contributed by atoms with E-state index in [0.29, 0.717) is 32.6 Å². The Morgan fingerprint density at radius 3 is 2.60 bits per heavy atom. The van der Waals surface area contributed by atoms with Gasteiger partial charge in [0.05, 0.1) is 6.54 Å². The number of nitrogens with two attached hydrogens (primary N) is 1. The number of unbranched alkanes of at least 4 members (excludes halogenated alkanes) is 3. The maximum Gasteiger partial charge on any atom is 0.242 e. The average Bonchev–Trinajstić information content (AvgIpc) is 2.56. The molecule has 7 heteroatoms. The molecule has 0 aliphatic carbocycles. The molecule has 140 valence electrons. The first-order valence-corrected chi connectivity index (χ1v) is 8.60. The van der Waals surface area contributed by atoms with E-state index in [1.54, 1.807) is 21.9 Å². The van der Waals surface area contributed by atoms with Gasteiger partial charge in [0, 0.05) is 26.1 Å². The molecule has 0 saturated carbocycles. The van der Waals surface area contributed by atoms with E-state index < -0.39 is 0 Å². The van der Waals surface area contributed by atoms with Crippen LogP contribution in [0.4, 0.5) is 4.39 Å². The fraction of sp³-hybridized carbons (Fsp3) is 0.556. The van der Waals surface area contributed by atoms with Gasteiger partial charge >= 0.3 is 0 Å². The van der Waals surface area contributed by atoms with Crippen LogP contribution in [-0.2, 0) is 16.1 Å². The van der Waals surface area contributed by atoms with Crippen molar-refractivity contribution in [2.75, 3.05) is 26.2 Å². The quantitative estimate of drug-likeness (QED) is 0.713. The Morgan fingerprint density at radius 1 is 1.16 bits per heavy atom. The fourth-order valence-corrected chi connectivity index (χ4v) is 2.88. The Labute approximate surface area is 154 Å². The predicted molar refractivity (Wildman–Crippen MR) is 97.8 cm³/mol. The second kappa shape index (κ2) is 11.1. The van der Waals surface area contributed by atoms with Crippen molar-refractivity contribution in [3.8, 4) is 0 Å². The first kappa shape index (κ1) is 21.4. The largest absolute Gasteiger partial charge is 0.335 e. The average molecular weight is 372 g/mol. The minimum atomic E-state index is -0.302. The van der Waals surface area contributed by atoms with E-state index in [2.05, 4.69) is 0 Å². The monoisotopic (exact) mass is 371 g/mol. The van der Waals surface area contributed by atoms with Gasteiger partial charge in [-0.15, -0.1) is 12.4 Å². The highest BCUT2D eigenvalue weighted by atomic mass is 35.5. The van der Waals surface area contributed by atoms with Crippen LogP contribution in [-0.4, -0.2) is 47.8 Å². The summed E-state index contributed by atoms with van der Waals surface area (Å²) in [6, 6.07) is 6.26. The molecule has 0 radical (unpaired) electrons. The number of halogens is 2. The number of nitrogens with zero attached hydrogens (tertiary/aromatic N) is 2. The number of piperazine rings is 1. The van der Waals surface area contributed by atoms with Gasteiger partial charge in [0.1, 0.15) is 5.82 Å². The van der Waals surface area contributed by atoms with E-state index in [4.69, 9.17) is 5.73 Å². The highest BCUT2D eigenvalue weighted by molar-refractivity contribution is 5.86.